The summed E-state index contributed by atoms with van der Waals surface area (Å²) in [5.74, 6) is 0.946. The minimum absolute atomic E-state index is 0.106. The number of halogens is 4. The second kappa shape index (κ2) is 10.5. The van der Waals surface area contributed by atoms with Crippen LogP contribution in [0.5, 0.6) is 5.75 Å². The van der Waals surface area contributed by atoms with Crippen LogP contribution in [0.1, 0.15) is 36.9 Å². The number of carbonyl (C=O) groups is 1. The van der Waals surface area contributed by atoms with E-state index in [1.165, 1.54) is 16.5 Å². The van der Waals surface area contributed by atoms with Crippen LogP contribution >= 0.6 is 58.2 Å². The van der Waals surface area contributed by atoms with Crippen molar-refractivity contribution in [3.05, 3.63) is 57.6 Å². The maximum Gasteiger partial charge on any atom is 0.264 e. The summed E-state index contributed by atoms with van der Waals surface area (Å²) >= 11 is 26.0. The number of fused-ring (bicyclic) bond motifs is 1. The standard InChI is InChI=1S/C21H21Cl4NO2S/c1-2-29-14-7-8-15-12(10-14)4-3-5-17(15)26-21(27)19(20(24)25)28-18-9-6-13(22)11-16(18)23/h6-11,17,19-20H,2-5H2,1H3,(H,26,27). The Kier molecular flexibility index (Phi) is 8.29. The number of carbonyl (C=O) groups excluding carboxylic acids is 1. The van der Waals surface area contributed by atoms with Gasteiger partial charge in [0.1, 0.15) is 5.75 Å². The second-order valence-electron chi connectivity index (χ2n) is 6.69. The Bertz CT molecular complexity index is 878. The van der Waals surface area contributed by atoms with Crippen LogP contribution in [-0.2, 0) is 11.2 Å². The van der Waals surface area contributed by atoms with Crippen molar-refractivity contribution in [2.75, 3.05) is 5.75 Å². The highest BCUT2D eigenvalue weighted by Gasteiger charge is 2.31. The fourth-order valence-electron chi connectivity index (χ4n) is 3.38. The van der Waals surface area contributed by atoms with Crippen molar-refractivity contribution in [3.8, 4) is 5.75 Å². The molecule has 2 aromatic rings. The molecule has 0 saturated heterocycles. The molecule has 2 atom stereocenters. The third-order valence-electron chi connectivity index (χ3n) is 4.69. The smallest absolute Gasteiger partial charge is 0.264 e. The zero-order valence-electron chi connectivity index (χ0n) is 15.8. The largest absolute Gasteiger partial charge is 0.476 e. The first-order chi connectivity index (χ1) is 13.9. The van der Waals surface area contributed by atoms with Crippen LogP contribution in [0.25, 0.3) is 0 Å². The van der Waals surface area contributed by atoms with Crippen LogP contribution in [0.15, 0.2) is 41.3 Å². The third-order valence-corrected chi connectivity index (χ3v) is 6.56. The lowest BCUT2D eigenvalue weighted by Crippen LogP contribution is -2.44. The Labute approximate surface area is 195 Å². The van der Waals surface area contributed by atoms with Gasteiger partial charge in [-0.05, 0) is 66.5 Å². The van der Waals surface area contributed by atoms with Gasteiger partial charge >= 0.3 is 0 Å². The monoisotopic (exact) mass is 491 g/mol. The predicted octanol–water partition coefficient (Wildman–Crippen LogP) is 6.85. The third kappa shape index (κ3) is 5.89. The van der Waals surface area contributed by atoms with Gasteiger partial charge in [-0.3, -0.25) is 4.79 Å². The number of hydrogen-bond acceptors (Lipinski definition) is 3. The lowest BCUT2D eigenvalue weighted by atomic mass is 9.87. The van der Waals surface area contributed by atoms with Crippen molar-refractivity contribution in [3.63, 3.8) is 0 Å². The van der Waals surface area contributed by atoms with E-state index in [0.29, 0.717) is 10.8 Å². The molecular weight excluding hydrogens is 472 g/mol. The van der Waals surface area contributed by atoms with Crippen molar-refractivity contribution < 1.29 is 9.53 Å². The van der Waals surface area contributed by atoms with Crippen molar-refractivity contribution in [2.24, 2.45) is 0 Å². The summed E-state index contributed by atoms with van der Waals surface area (Å²) < 4.78 is 5.73. The highest BCUT2D eigenvalue weighted by atomic mass is 35.5. The lowest BCUT2D eigenvalue weighted by molar-refractivity contribution is -0.128. The molecule has 1 aliphatic carbocycles. The van der Waals surface area contributed by atoms with Crippen LogP contribution in [0.4, 0.5) is 0 Å². The molecule has 0 heterocycles. The van der Waals surface area contributed by atoms with E-state index in [9.17, 15) is 4.79 Å². The number of thioether (sulfide) groups is 1. The maximum atomic E-state index is 12.9. The quantitative estimate of drug-likeness (QED) is 0.339. The number of rotatable bonds is 7. The van der Waals surface area contributed by atoms with E-state index in [0.717, 1.165) is 30.6 Å². The van der Waals surface area contributed by atoms with Gasteiger partial charge in [-0.2, -0.15) is 0 Å². The Hall–Kier alpha value is -0.780. The van der Waals surface area contributed by atoms with Crippen molar-refractivity contribution in [2.45, 2.75) is 48.1 Å². The average Bonchev–Trinajstić information content (AvgIpc) is 2.67. The molecule has 8 heteroatoms. The number of ether oxygens (including phenoxy) is 1. The Balaban J connectivity index is 1.75. The van der Waals surface area contributed by atoms with Crippen LogP contribution < -0.4 is 10.1 Å². The number of alkyl halides is 2. The van der Waals surface area contributed by atoms with Gasteiger partial charge in [0.05, 0.1) is 11.1 Å². The van der Waals surface area contributed by atoms with E-state index < -0.39 is 10.9 Å². The first-order valence-electron chi connectivity index (χ1n) is 9.35. The molecule has 156 valence electrons. The fraction of sp³-hybridized carbons (Fsp3) is 0.381. The second-order valence-corrected chi connectivity index (χ2v) is 10.0. The van der Waals surface area contributed by atoms with E-state index in [4.69, 9.17) is 51.1 Å². The lowest BCUT2D eigenvalue weighted by Gasteiger charge is -2.29. The van der Waals surface area contributed by atoms with Crippen molar-refractivity contribution >= 4 is 64.1 Å². The summed E-state index contributed by atoms with van der Waals surface area (Å²) in [6.07, 6.45) is 1.76. The van der Waals surface area contributed by atoms with E-state index in [2.05, 4.69) is 30.4 Å². The summed E-state index contributed by atoms with van der Waals surface area (Å²) in [7, 11) is 0. The molecule has 0 bridgehead atoms. The molecule has 0 aromatic heterocycles. The Morgan fingerprint density at radius 3 is 2.72 bits per heavy atom. The topological polar surface area (TPSA) is 38.3 Å². The molecular formula is C21H21Cl4NO2S. The minimum atomic E-state index is -1.10. The highest BCUT2D eigenvalue weighted by molar-refractivity contribution is 7.99. The van der Waals surface area contributed by atoms with Crippen LogP contribution in [0.3, 0.4) is 0 Å². The van der Waals surface area contributed by atoms with Gasteiger partial charge in [0.25, 0.3) is 5.91 Å². The van der Waals surface area contributed by atoms with Crippen molar-refractivity contribution in [1.82, 2.24) is 5.32 Å². The highest BCUT2D eigenvalue weighted by Crippen LogP contribution is 2.34. The van der Waals surface area contributed by atoms with E-state index in [1.807, 2.05) is 11.8 Å². The Morgan fingerprint density at radius 1 is 1.24 bits per heavy atom. The molecule has 0 saturated carbocycles. The normalized spacial score (nSPS) is 17.0. The first kappa shape index (κ1) is 22.9. The molecule has 0 spiro atoms. The van der Waals surface area contributed by atoms with Gasteiger partial charge in [-0.15, -0.1) is 35.0 Å². The average molecular weight is 493 g/mol. The molecule has 2 aromatic carbocycles. The maximum absolute atomic E-state index is 12.9. The fourth-order valence-corrected chi connectivity index (χ4v) is 4.89. The number of amides is 1. The first-order valence-corrected chi connectivity index (χ1v) is 12.0. The van der Waals surface area contributed by atoms with E-state index in [-0.39, 0.29) is 17.0 Å². The molecule has 1 amide bonds. The molecule has 0 aliphatic heterocycles. The molecule has 0 radical (unpaired) electrons. The van der Waals surface area contributed by atoms with Gasteiger partial charge in [0.2, 0.25) is 6.10 Å². The zero-order valence-corrected chi connectivity index (χ0v) is 19.6. The molecule has 3 rings (SSSR count). The number of aryl methyl sites for hydroxylation is 1. The Morgan fingerprint density at radius 2 is 2.03 bits per heavy atom. The van der Waals surface area contributed by atoms with Gasteiger partial charge in [0.15, 0.2) is 4.84 Å². The summed E-state index contributed by atoms with van der Waals surface area (Å²) in [6.45, 7) is 2.13. The summed E-state index contributed by atoms with van der Waals surface area (Å²) in [4.78, 5) is 13.1. The molecule has 0 fully saturated rings. The molecule has 2 unspecified atom stereocenters. The van der Waals surface area contributed by atoms with Crippen LogP contribution in [-0.4, -0.2) is 22.6 Å². The predicted molar refractivity (Wildman–Crippen MR) is 123 cm³/mol. The number of hydrogen-bond donors (Lipinski definition) is 1. The van der Waals surface area contributed by atoms with E-state index in [1.54, 1.807) is 12.1 Å². The summed E-state index contributed by atoms with van der Waals surface area (Å²) in [6, 6.07) is 11.1. The number of nitrogens with one attached hydrogen (secondary N) is 1. The molecule has 1 aliphatic rings. The van der Waals surface area contributed by atoms with Crippen molar-refractivity contribution in [1.29, 1.82) is 0 Å². The summed E-state index contributed by atoms with van der Waals surface area (Å²) in [5.41, 5.74) is 2.40. The number of benzene rings is 2. The van der Waals surface area contributed by atoms with Gasteiger partial charge in [-0.25, -0.2) is 0 Å². The zero-order chi connectivity index (χ0) is 21.0. The molecule has 1 N–H and O–H groups in total. The minimum Gasteiger partial charge on any atom is -0.476 e. The van der Waals surface area contributed by atoms with Gasteiger partial charge in [-0.1, -0.05) is 36.2 Å². The van der Waals surface area contributed by atoms with Gasteiger partial charge in [0, 0.05) is 9.92 Å². The SMILES string of the molecule is CCSc1ccc2c(c1)CCCC2NC(=O)C(Oc1ccc(Cl)cc1Cl)C(Cl)Cl. The van der Waals surface area contributed by atoms with Gasteiger partial charge < -0.3 is 10.1 Å². The molecule has 3 nitrogen and oxygen atoms in total. The van der Waals surface area contributed by atoms with Crippen LogP contribution in [0.2, 0.25) is 10.0 Å². The van der Waals surface area contributed by atoms with E-state index >= 15 is 0 Å². The van der Waals surface area contributed by atoms with Crippen LogP contribution in [0, 0.1) is 0 Å². The summed E-state index contributed by atoms with van der Waals surface area (Å²) in [5, 5.41) is 3.80. The molecule has 29 heavy (non-hydrogen) atoms.